The quantitative estimate of drug-likeness (QED) is 0.416. The summed E-state index contributed by atoms with van der Waals surface area (Å²) in [7, 11) is -4.28. The average molecular weight is 555 g/mol. The van der Waals surface area contributed by atoms with E-state index in [2.05, 4.69) is 10.1 Å². The molecule has 0 amide bonds. The summed E-state index contributed by atoms with van der Waals surface area (Å²) in [6.07, 6.45) is -0.390. The number of halogens is 1. The van der Waals surface area contributed by atoms with Gasteiger partial charge in [0.2, 0.25) is 0 Å². The molecule has 14 heteroatoms. The van der Waals surface area contributed by atoms with E-state index >= 15 is 4.39 Å². The van der Waals surface area contributed by atoms with Crippen LogP contribution in [0.4, 0.5) is 4.39 Å². The van der Waals surface area contributed by atoms with Crippen LogP contribution < -0.4 is 20.0 Å². The van der Waals surface area contributed by atoms with Gasteiger partial charge >= 0.3 is 19.4 Å². The molecule has 0 saturated carbocycles. The van der Waals surface area contributed by atoms with E-state index in [1.807, 2.05) is 0 Å². The van der Waals surface area contributed by atoms with Crippen LogP contribution in [0.2, 0.25) is 0 Å². The lowest BCUT2D eigenvalue weighted by atomic mass is 9.98. The molecule has 4 rings (SSSR count). The van der Waals surface area contributed by atoms with Crippen molar-refractivity contribution < 1.29 is 42.1 Å². The summed E-state index contributed by atoms with van der Waals surface area (Å²) in [4.78, 5) is 28.7. The van der Waals surface area contributed by atoms with E-state index in [9.17, 15) is 19.3 Å². The number of carbonyl (C=O) groups is 1. The van der Waals surface area contributed by atoms with E-state index in [1.165, 1.54) is 31.5 Å². The Morgan fingerprint density at radius 2 is 1.89 bits per heavy atom. The molecule has 1 fully saturated rings. The Hall–Kier alpha value is -2.83. The summed E-state index contributed by atoms with van der Waals surface area (Å²) in [6.45, 7) is 2.33. The van der Waals surface area contributed by atoms with Crippen LogP contribution in [-0.2, 0) is 23.4 Å². The Balaban J connectivity index is 1.62. The Morgan fingerprint density at radius 3 is 2.63 bits per heavy atom. The molecule has 3 heterocycles. The summed E-state index contributed by atoms with van der Waals surface area (Å²) < 4.78 is 58.0. The molecule has 0 radical (unpaired) electrons. The molecule has 1 aromatic heterocycles. The zero-order valence-electron chi connectivity index (χ0n) is 21.0. The third kappa shape index (κ3) is 6.59. The van der Waals surface area contributed by atoms with Crippen molar-refractivity contribution in [3.05, 3.63) is 53.2 Å². The van der Waals surface area contributed by atoms with Gasteiger partial charge in [-0.25, -0.2) is 13.8 Å². The fraction of sp³-hybridized carbons (Fsp3) is 0.542. The summed E-state index contributed by atoms with van der Waals surface area (Å²) in [5.74, 6) is -0.283. The van der Waals surface area contributed by atoms with Gasteiger partial charge in [0.1, 0.15) is 24.0 Å². The van der Waals surface area contributed by atoms with Crippen molar-refractivity contribution in [2.45, 2.75) is 63.3 Å². The summed E-state index contributed by atoms with van der Waals surface area (Å²) >= 11 is 0. The van der Waals surface area contributed by atoms with E-state index in [-0.39, 0.29) is 24.7 Å². The highest BCUT2D eigenvalue weighted by Crippen LogP contribution is 2.47. The number of nitrogens with zero attached hydrogens (tertiary/aromatic N) is 2. The number of aliphatic hydroxyl groups is 1. The summed E-state index contributed by atoms with van der Waals surface area (Å²) in [5.41, 5.74) is -3.26. The SMILES string of the molecule is C[C@H]1NP(=O)(Oc2ccccc2)OC[C@H]2O[C@@H](n3cc(cnc3=O)OCCCCCOC1=O)[C@](C)(F)[C@@H]2O. The summed E-state index contributed by atoms with van der Waals surface area (Å²) in [5, 5.41) is 13.2. The Kier molecular flexibility index (Phi) is 8.84. The first-order valence-electron chi connectivity index (χ1n) is 12.3. The van der Waals surface area contributed by atoms with E-state index in [4.69, 9.17) is 23.3 Å². The van der Waals surface area contributed by atoms with Gasteiger partial charge in [-0.15, -0.1) is 0 Å². The summed E-state index contributed by atoms with van der Waals surface area (Å²) in [6, 6.07) is 7.01. The second kappa shape index (κ2) is 11.9. The van der Waals surface area contributed by atoms with Crippen LogP contribution in [-0.4, -0.2) is 64.4 Å². The molecule has 4 bridgehead atoms. The fourth-order valence-electron chi connectivity index (χ4n) is 4.04. The van der Waals surface area contributed by atoms with Gasteiger partial charge in [-0.2, -0.15) is 10.1 Å². The minimum atomic E-state index is -4.28. The standard InChI is InChI=1S/C24H31FN3O9P/c1-16-21(30)34-12-8-4-7-11-33-18-13-26-23(31)28(14-18)22-24(2,25)20(29)19(36-22)15-35-38(32,27-16)37-17-9-5-3-6-10-17/h3,5-6,9-10,13-14,16,19-20,22,29H,4,7-8,11-12,15H2,1-2H3,(H,27,32)/t16-,19-,20-,22-,24-,38?/m1/s1. The number of benzene rings is 1. The van der Waals surface area contributed by atoms with Gasteiger partial charge in [-0.1, -0.05) is 18.2 Å². The molecule has 0 spiro atoms. The molecular formula is C24H31FN3O9P. The first-order valence-corrected chi connectivity index (χ1v) is 13.8. The Bertz CT molecular complexity index is 1210. The highest BCUT2D eigenvalue weighted by atomic mass is 31.2. The average Bonchev–Trinajstić information content (AvgIpc) is 3.11. The number of para-hydroxylation sites is 1. The molecular weight excluding hydrogens is 524 g/mol. The van der Waals surface area contributed by atoms with Crippen LogP contribution in [0.25, 0.3) is 0 Å². The number of alkyl halides is 1. The lowest BCUT2D eigenvalue weighted by Gasteiger charge is -2.25. The Labute approximate surface area is 218 Å². The number of aliphatic hydroxyl groups excluding tert-OH is 1. The number of fused-ring (bicyclic) bond motifs is 5. The second-order valence-electron chi connectivity index (χ2n) is 9.23. The molecule has 1 aromatic carbocycles. The number of esters is 1. The predicted octanol–water partition coefficient (Wildman–Crippen LogP) is 2.52. The van der Waals surface area contributed by atoms with Gasteiger partial charge < -0.3 is 23.8 Å². The number of nitrogens with one attached hydrogen (secondary N) is 1. The van der Waals surface area contributed by atoms with Crippen LogP contribution in [0.1, 0.15) is 39.3 Å². The molecule has 2 aromatic rings. The molecule has 12 nitrogen and oxygen atoms in total. The number of ether oxygens (including phenoxy) is 3. The van der Waals surface area contributed by atoms with Crippen LogP contribution >= 0.6 is 7.75 Å². The molecule has 1 saturated heterocycles. The largest absolute Gasteiger partial charge is 0.490 e. The molecule has 2 N–H and O–H groups in total. The molecule has 6 atom stereocenters. The zero-order chi connectivity index (χ0) is 27.3. The van der Waals surface area contributed by atoms with Crippen molar-refractivity contribution >= 4 is 13.7 Å². The fourth-order valence-corrected chi connectivity index (χ4v) is 5.55. The van der Waals surface area contributed by atoms with Crippen molar-refractivity contribution in [2.75, 3.05) is 19.8 Å². The number of cyclic esters (lactones) is 1. The van der Waals surface area contributed by atoms with Gasteiger partial charge in [0, 0.05) is 0 Å². The van der Waals surface area contributed by atoms with Crippen molar-refractivity contribution in [1.82, 2.24) is 14.6 Å². The minimum Gasteiger partial charge on any atom is -0.490 e. The van der Waals surface area contributed by atoms with E-state index < -0.39 is 56.2 Å². The van der Waals surface area contributed by atoms with E-state index in [1.54, 1.807) is 18.2 Å². The molecule has 2 aliphatic rings. The zero-order valence-corrected chi connectivity index (χ0v) is 21.9. The number of carbonyl (C=O) groups excluding carboxylic acids is 1. The highest BCUT2D eigenvalue weighted by Gasteiger charge is 2.56. The van der Waals surface area contributed by atoms with Gasteiger partial charge in [0.25, 0.3) is 0 Å². The minimum absolute atomic E-state index is 0.140. The molecule has 208 valence electrons. The maximum atomic E-state index is 15.7. The van der Waals surface area contributed by atoms with Crippen LogP contribution in [0.3, 0.4) is 0 Å². The maximum Gasteiger partial charge on any atom is 0.459 e. The van der Waals surface area contributed by atoms with E-state index in [0.29, 0.717) is 19.3 Å². The molecule has 38 heavy (non-hydrogen) atoms. The van der Waals surface area contributed by atoms with Gasteiger partial charge in [-0.05, 0) is 45.2 Å². The third-order valence-corrected chi connectivity index (χ3v) is 7.79. The first-order chi connectivity index (χ1) is 18.1. The van der Waals surface area contributed by atoms with Gasteiger partial charge in [0.05, 0.1) is 32.2 Å². The van der Waals surface area contributed by atoms with Crippen molar-refractivity contribution in [1.29, 1.82) is 0 Å². The van der Waals surface area contributed by atoms with Crippen LogP contribution in [0, 0.1) is 0 Å². The second-order valence-corrected chi connectivity index (χ2v) is 10.9. The van der Waals surface area contributed by atoms with Crippen LogP contribution in [0.5, 0.6) is 11.5 Å². The Morgan fingerprint density at radius 1 is 1.18 bits per heavy atom. The van der Waals surface area contributed by atoms with E-state index in [0.717, 1.165) is 11.5 Å². The smallest absolute Gasteiger partial charge is 0.459 e. The number of rotatable bonds is 2. The predicted molar refractivity (Wildman–Crippen MR) is 131 cm³/mol. The van der Waals surface area contributed by atoms with Gasteiger partial charge in [0.15, 0.2) is 17.6 Å². The third-order valence-electron chi connectivity index (χ3n) is 6.14. The molecule has 0 aliphatic carbocycles. The number of aromatic nitrogens is 2. The molecule has 1 unspecified atom stereocenters. The topological polar surface area (TPSA) is 147 Å². The molecule has 2 aliphatic heterocycles. The normalized spacial score (nSPS) is 33.2. The number of hydrogen-bond donors (Lipinski definition) is 2. The lowest BCUT2D eigenvalue weighted by Crippen LogP contribution is -2.43. The van der Waals surface area contributed by atoms with Gasteiger partial charge in [-0.3, -0.25) is 13.9 Å². The van der Waals surface area contributed by atoms with Crippen molar-refractivity contribution in [2.24, 2.45) is 0 Å². The monoisotopic (exact) mass is 555 g/mol. The van der Waals surface area contributed by atoms with Crippen molar-refractivity contribution in [3.63, 3.8) is 0 Å². The lowest BCUT2D eigenvalue weighted by molar-refractivity contribution is -0.145. The van der Waals surface area contributed by atoms with Crippen molar-refractivity contribution in [3.8, 4) is 11.5 Å². The maximum absolute atomic E-state index is 15.7. The highest BCUT2D eigenvalue weighted by molar-refractivity contribution is 7.52. The number of hydrogen-bond acceptors (Lipinski definition) is 10. The first kappa shape index (κ1) is 28.2. The van der Waals surface area contributed by atoms with Crippen LogP contribution in [0.15, 0.2) is 47.5 Å².